The number of aromatic hydroxyl groups is 1. The number of amides is 2. The van der Waals surface area contributed by atoms with Gasteiger partial charge >= 0.3 is 5.97 Å². The number of aliphatic carboxylic acids is 1. The van der Waals surface area contributed by atoms with E-state index in [9.17, 15) is 29.8 Å². The Morgan fingerprint density at radius 2 is 2.03 bits per heavy atom. The van der Waals surface area contributed by atoms with E-state index in [-0.39, 0.29) is 30.0 Å². The number of ether oxygens (including phenoxy) is 1. The number of nitrogens with two attached hydrogens (primary N) is 2. The highest BCUT2D eigenvalue weighted by atomic mass is 16.5. The highest BCUT2D eigenvalue weighted by Crippen LogP contribution is 2.29. The summed E-state index contributed by atoms with van der Waals surface area (Å²) in [4.78, 5) is 38.0. The number of rotatable bonds is 9. The lowest BCUT2D eigenvalue weighted by Crippen LogP contribution is -2.48. The van der Waals surface area contributed by atoms with Crippen molar-refractivity contribution in [2.24, 2.45) is 11.5 Å². The van der Waals surface area contributed by atoms with Gasteiger partial charge in [0.05, 0.1) is 19.2 Å². The molecule has 0 radical (unpaired) electrons. The Labute approximate surface area is 173 Å². The zero-order valence-corrected chi connectivity index (χ0v) is 16.7. The van der Waals surface area contributed by atoms with Crippen molar-refractivity contribution in [1.29, 1.82) is 0 Å². The summed E-state index contributed by atoms with van der Waals surface area (Å²) < 4.78 is 4.93. The predicted molar refractivity (Wildman–Crippen MR) is 105 cm³/mol. The SMILES string of the molecule is COc1ccc(C(=O)N2C[C@H](N(O)C(=O)[C@@H](N)CCCCN)C[C@H]2C(=O)O)cc1O. The Bertz CT molecular complexity index is 788. The second kappa shape index (κ2) is 10.2. The minimum absolute atomic E-state index is 0.0505. The van der Waals surface area contributed by atoms with Crippen LogP contribution in [0.2, 0.25) is 0 Å². The number of likely N-dealkylation sites (tertiary alicyclic amines) is 1. The van der Waals surface area contributed by atoms with Gasteiger partial charge in [0.1, 0.15) is 6.04 Å². The number of phenolic OH excluding ortho intramolecular Hbond substituents is 1. The molecule has 0 bridgehead atoms. The van der Waals surface area contributed by atoms with Gasteiger partial charge in [0.2, 0.25) is 0 Å². The highest BCUT2D eigenvalue weighted by Gasteiger charge is 2.44. The number of hydroxylamine groups is 2. The van der Waals surface area contributed by atoms with E-state index in [1.807, 2.05) is 0 Å². The molecule has 166 valence electrons. The first kappa shape index (κ1) is 23.4. The topological polar surface area (TPSA) is 180 Å². The van der Waals surface area contributed by atoms with Crippen molar-refractivity contribution < 1.29 is 34.5 Å². The molecule has 0 saturated carbocycles. The van der Waals surface area contributed by atoms with Crippen LogP contribution >= 0.6 is 0 Å². The summed E-state index contributed by atoms with van der Waals surface area (Å²) in [7, 11) is 1.36. The van der Waals surface area contributed by atoms with E-state index in [0.29, 0.717) is 30.9 Å². The van der Waals surface area contributed by atoms with Crippen molar-refractivity contribution in [3.05, 3.63) is 23.8 Å². The van der Waals surface area contributed by atoms with E-state index in [1.165, 1.54) is 25.3 Å². The molecule has 1 aromatic carbocycles. The minimum atomic E-state index is -1.27. The summed E-state index contributed by atoms with van der Waals surface area (Å²) in [5, 5.41) is 30.2. The molecule has 0 aliphatic carbocycles. The molecule has 2 rings (SSSR count). The van der Waals surface area contributed by atoms with Crippen molar-refractivity contribution in [2.75, 3.05) is 20.2 Å². The summed E-state index contributed by atoms with van der Waals surface area (Å²) in [6.07, 6.45) is 1.48. The summed E-state index contributed by atoms with van der Waals surface area (Å²) in [5.74, 6) is -2.77. The molecule has 30 heavy (non-hydrogen) atoms. The Morgan fingerprint density at radius 1 is 1.33 bits per heavy atom. The van der Waals surface area contributed by atoms with Crippen molar-refractivity contribution in [1.82, 2.24) is 9.96 Å². The van der Waals surface area contributed by atoms with Crippen LogP contribution in [0.1, 0.15) is 36.0 Å². The maximum absolute atomic E-state index is 12.8. The third-order valence-electron chi connectivity index (χ3n) is 5.11. The van der Waals surface area contributed by atoms with Gasteiger partial charge in [0, 0.05) is 18.5 Å². The molecule has 7 N–H and O–H groups in total. The van der Waals surface area contributed by atoms with Gasteiger partial charge < -0.3 is 31.3 Å². The molecule has 1 saturated heterocycles. The molecule has 3 atom stereocenters. The molecule has 11 heteroatoms. The fraction of sp³-hybridized carbons (Fsp3) is 0.526. The van der Waals surface area contributed by atoms with Crippen LogP contribution in [0.5, 0.6) is 11.5 Å². The fourth-order valence-electron chi connectivity index (χ4n) is 3.42. The molecular formula is C19H28N4O7. The average Bonchev–Trinajstić information content (AvgIpc) is 3.17. The van der Waals surface area contributed by atoms with E-state index in [2.05, 4.69) is 0 Å². The van der Waals surface area contributed by atoms with Crippen LogP contribution in [0.4, 0.5) is 0 Å². The first-order chi connectivity index (χ1) is 14.2. The number of unbranched alkanes of at least 4 members (excludes halogenated alkanes) is 1. The number of phenols is 1. The first-order valence-electron chi connectivity index (χ1n) is 9.59. The number of nitrogens with zero attached hydrogens (tertiary/aromatic N) is 2. The molecule has 1 heterocycles. The monoisotopic (exact) mass is 424 g/mol. The van der Waals surface area contributed by atoms with Crippen LogP contribution in [-0.4, -0.2) is 81.5 Å². The second-order valence-corrected chi connectivity index (χ2v) is 7.16. The van der Waals surface area contributed by atoms with E-state index < -0.39 is 35.9 Å². The van der Waals surface area contributed by atoms with Crippen molar-refractivity contribution in [3.8, 4) is 11.5 Å². The average molecular weight is 424 g/mol. The molecule has 11 nitrogen and oxygen atoms in total. The molecule has 0 unspecified atom stereocenters. The van der Waals surface area contributed by atoms with Crippen LogP contribution in [0.3, 0.4) is 0 Å². The van der Waals surface area contributed by atoms with Crippen LogP contribution in [0.15, 0.2) is 18.2 Å². The van der Waals surface area contributed by atoms with E-state index in [4.69, 9.17) is 16.2 Å². The smallest absolute Gasteiger partial charge is 0.326 e. The zero-order valence-electron chi connectivity index (χ0n) is 16.7. The van der Waals surface area contributed by atoms with Gasteiger partial charge in [0.15, 0.2) is 11.5 Å². The fourth-order valence-corrected chi connectivity index (χ4v) is 3.42. The third kappa shape index (κ3) is 5.17. The maximum atomic E-state index is 12.8. The number of benzene rings is 1. The molecule has 1 aliphatic heterocycles. The normalized spacial score (nSPS) is 19.4. The molecule has 1 aliphatic rings. The molecule has 0 spiro atoms. The highest BCUT2D eigenvalue weighted by molar-refractivity contribution is 5.97. The number of methoxy groups -OCH3 is 1. The summed E-state index contributed by atoms with van der Waals surface area (Å²) in [5.41, 5.74) is 11.3. The van der Waals surface area contributed by atoms with Gasteiger partial charge in [-0.1, -0.05) is 6.42 Å². The Balaban J connectivity index is 2.14. The molecule has 0 aromatic heterocycles. The Hall–Kier alpha value is -2.89. The maximum Gasteiger partial charge on any atom is 0.326 e. The lowest BCUT2D eigenvalue weighted by Gasteiger charge is -2.25. The predicted octanol–water partition coefficient (Wildman–Crippen LogP) is -0.257. The Kier molecular flexibility index (Phi) is 7.98. The Morgan fingerprint density at radius 3 is 2.60 bits per heavy atom. The number of hydrogen-bond acceptors (Lipinski definition) is 8. The molecule has 1 aromatic rings. The summed E-state index contributed by atoms with van der Waals surface area (Å²) >= 11 is 0. The van der Waals surface area contributed by atoms with Gasteiger partial charge in [-0.3, -0.25) is 14.8 Å². The van der Waals surface area contributed by atoms with Gasteiger partial charge in [-0.25, -0.2) is 9.86 Å². The number of carbonyl (C=O) groups excluding carboxylic acids is 2. The standard InChI is InChI=1S/C19H28N4O7/c1-30-16-6-5-11(8-15(16)24)17(25)22-10-12(9-14(22)19(27)28)23(29)18(26)13(21)4-2-3-7-20/h5-6,8,12-14,24,29H,2-4,7,9-10,20-21H2,1H3,(H,27,28)/t12-,13+,14+/m1/s1. The summed E-state index contributed by atoms with van der Waals surface area (Å²) in [6, 6.07) is 0.824. The second-order valence-electron chi connectivity index (χ2n) is 7.16. The number of carbonyl (C=O) groups is 3. The van der Waals surface area contributed by atoms with E-state index in [1.54, 1.807) is 0 Å². The lowest BCUT2D eigenvalue weighted by atomic mass is 10.1. The number of carboxylic acids is 1. The third-order valence-corrected chi connectivity index (χ3v) is 5.11. The molecular weight excluding hydrogens is 396 g/mol. The molecule has 2 amide bonds. The van der Waals surface area contributed by atoms with Crippen LogP contribution < -0.4 is 16.2 Å². The van der Waals surface area contributed by atoms with Gasteiger partial charge in [-0.2, -0.15) is 0 Å². The van der Waals surface area contributed by atoms with Crippen LogP contribution in [-0.2, 0) is 9.59 Å². The van der Waals surface area contributed by atoms with Gasteiger partial charge in [0.25, 0.3) is 11.8 Å². The van der Waals surface area contributed by atoms with Gasteiger partial charge in [-0.15, -0.1) is 0 Å². The summed E-state index contributed by atoms with van der Waals surface area (Å²) in [6.45, 7) is 0.269. The lowest BCUT2D eigenvalue weighted by molar-refractivity contribution is -0.176. The zero-order chi connectivity index (χ0) is 22.4. The first-order valence-corrected chi connectivity index (χ1v) is 9.59. The van der Waals surface area contributed by atoms with E-state index >= 15 is 0 Å². The van der Waals surface area contributed by atoms with Crippen LogP contribution in [0.25, 0.3) is 0 Å². The number of carboxylic acid groups (broad SMARTS) is 1. The van der Waals surface area contributed by atoms with Crippen molar-refractivity contribution >= 4 is 17.8 Å². The number of hydrogen-bond donors (Lipinski definition) is 5. The quantitative estimate of drug-likeness (QED) is 0.203. The van der Waals surface area contributed by atoms with Crippen LogP contribution in [0, 0.1) is 0 Å². The van der Waals surface area contributed by atoms with Crippen molar-refractivity contribution in [3.63, 3.8) is 0 Å². The minimum Gasteiger partial charge on any atom is -0.504 e. The van der Waals surface area contributed by atoms with E-state index in [0.717, 1.165) is 4.90 Å². The molecule has 1 fully saturated rings. The largest absolute Gasteiger partial charge is 0.504 e. The van der Waals surface area contributed by atoms with Gasteiger partial charge in [-0.05, 0) is 37.6 Å². The van der Waals surface area contributed by atoms with Crippen molar-refractivity contribution in [2.45, 2.75) is 43.8 Å².